The Morgan fingerprint density at radius 1 is 1.05 bits per heavy atom. The number of amides is 2. The third kappa shape index (κ3) is 1.43. The van der Waals surface area contributed by atoms with Crippen LogP contribution in [-0.2, 0) is 9.59 Å². The average molecular weight is 314 g/mol. The Hall–Kier alpha value is -1.61. The number of imide groups is 1. The van der Waals surface area contributed by atoms with Crippen molar-refractivity contribution in [2.45, 2.75) is 13.3 Å². The first kappa shape index (κ1) is 12.9. The number of carbonyl (C=O) groups excluding carboxylic acids is 2. The summed E-state index contributed by atoms with van der Waals surface area (Å²) in [4.78, 5) is 27.2. The fraction of sp³-hybridized carbons (Fsp3) is 0.444. The van der Waals surface area contributed by atoms with E-state index in [1.54, 1.807) is 6.07 Å². The molecule has 4 heteroatoms. The van der Waals surface area contributed by atoms with Gasteiger partial charge in [-0.05, 0) is 54.7 Å². The van der Waals surface area contributed by atoms with Gasteiger partial charge in [0.1, 0.15) is 0 Å². The van der Waals surface area contributed by atoms with Crippen molar-refractivity contribution in [1.29, 1.82) is 0 Å². The molecule has 5 aliphatic rings. The van der Waals surface area contributed by atoms with E-state index in [1.807, 2.05) is 19.1 Å². The van der Waals surface area contributed by atoms with Crippen molar-refractivity contribution < 1.29 is 9.59 Å². The molecule has 22 heavy (non-hydrogen) atoms. The monoisotopic (exact) mass is 313 g/mol. The normalized spacial score (nSPS) is 40.9. The van der Waals surface area contributed by atoms with Crippen LogP contribution in [0.5, 0.6) is 0 Å². The van der Waals surface area contributed by atoms with Crippen LogP contribution in [0.25, 0.3) is 0 Å². The quantitative estimate of drug-likeness (QED) is 0.590. The fourth-order valence-electron chi connectivity index (χ4n) is 4.93. The van der Waals surface area contributed by atoms with Gasteiger partial charge >= 0.3 is 0 Å². The van der Waals surface area contributed by atoms with Crippen molar-refractivity contribution in [1.82, 2.24) is 0 Å². The summed E-state index contributed by atoms with van der Waals surface area (Å²) in [7, 11) is 0. The molecular formula is C18H16ClNO2. The van der Waals surface area contributed by atoms with E-state index in [-0.39, 0.29) is 35.5 Å². The van der Waals surface area contributed by atoms with Gasteiger partial charge in [-0.25, -0.2) is 4.90 Å². The topological polar surface area (TPSA) is 37.4 Å². The van der Waals surface area contributed by atoms with Crippen LogP contribution < -0.4 is 4.90 Å². The molecule has 6 atom stereocenters. The summed E-state index contributed by atoms with van der Waals surface area (Å²) in [6.07, 6.45) is 5.57. The highest BCUT2D eigenvalue weighted by Gasteiger charge is 2.67. The van der Waals surface area contributed by atoms with Gasteiger partial charge in [-0.2, -0.15) is 0 Å². The number of carbonyl (C=O) groups is 2. The van der Waals surface area contributed by atoms with E-state index in [1.165, 1.54) is 11.3 Å². The predicted molar refractivity (Wildman–Crippen MR) is 83.4 cm³/mol. The predicted octanol–water partition coefficient (Wildman–Crippen LogP) is 3.21. The maximum Gasteiger partial charge on any atom is 0.238 e. The number of rotatable bonds is 1. The lowest BCUT2D eigenvalue weighted by atomic mass is 9.63. The van der Waals surface area contributed by atoms with Crippen LogP contribution in [0.1, 0.15) is 12.0 Å². The third-order valence-electron chi connectivity index (χ3n) is 6.08. The summed E-state index contributed by atoms with van der Waals surface area (Å²) in [5.74, 6) is 1.45. The minimum atomic E-state index is -0.147. The number of hydrogen-bond acceptors (Lipinski definition) is 2. The molecule has 0 radical (unpaired) electrons. The molecule has 0 unspecified atom stereocenters. The maximum absolute atomic E-state index is 12.9. The van der Waals surface area contributed by atoms with Crippen molar-refractivity contribution in [3.8, 4) is 0 Å². The summed E-state index contributed by atoms with van der Waals surface area (Å²) in [5, 5.41) is 0.594. The van der Waals surface area contributed by atoms with Gasteiger partial charge < -0.3 is 0 Å². The first-order valence-electron chi connectivity index (χ1n) is 7.90. The second-order valence-corrected chi connectivity index (χ2v) is 7.51. The lowest BCUT2D eigenvalue weighted by Gasteiger charge is -2.37. The van der Waals surface area contributed by atoms with Crippen molar-refractivity contribution >= 4 is 29.1 Å². The van der Waals surface area contributed by atoms with E-state index >= 15 is 0 Å². The molecule has 1 aromatic carbocycles. The molecule has 2 amide bonds. The minimum Gasteiger partial charge on any atom is -0.274 e. The molecule has 1 heterocycles. The second-order valence-electron chi connectivity index (χ2n) is 7.10. The largest absolute Gasteiger partial charge is 0.274 e. The third-order valence-corrected chi connectivity index (χ3v) is 6.48. The van der Waals surface area contributed by atoms with Crippen molar-refractivity contribution in [3.63, 3.8) is 0 Å². The maximum atomic E-state index is 12.9. The van der Waals surface area contributed by atoms with Gasteiger partial charge in [0, 0.05) is 5.02 Å². The number of allylic oxidation sites excluding steroid dienone is 2. The molecule has 3 nitrogen and oxygen atoms in total. The van der Waals surface area contributed by atoms with E-state index in [0.717, 1.165) is 5.56 Å². The Bertz CT molecular complexity index is 719. The minimum absolute atomic E-state index is 0.0281. The van der Waals surface area contributed by atoms with Crippen LogP contribution in [0.2, 0.25) is 5.02 Å². The highest BCUT2D eigenvalue weighted by molar-refractivity contribution is 6.32. The van der Waals surface area contributed by atoms with Gasteiger partial charge in [0.15, 0.2) is 0 Å². The van der Waals surface area contributed by atoms with E-state index in [9.17, 15) is 9.59 Å². The van der Waals surface area contributed by atoms with Gasteiger partial charge in [0.25, 0.3) is 0 Å². The molecule has 112 valence electrons. The van der Waals surface area contributed by atoms with E-state index in [2.05, 4.69) is 12.2 Å². The number of nitrogens with zero attached hydrogens (tertiary/aromatic N) is 1. The lowest BCUT2D eigenvalue weighted by Crippen LogP contribution is -2.40. The summed E-state index contributed by atoms with van der Waals surface area (Å²) >= 11 is 6.18. The molecule has 0 spiro atoms. The highest BCUT2D eigenvalue weighted by Crippen LogP contribution is 2.65. The SMILES string of the molecule is Cc1ccc(N2C(=O)[C@@H]3[C@@H]4C=C[C@H]([C@@H]5C[C@H]45)[C@@H]3C2=O)cc1Cl. The average Bonchev–Trinajstić information content (AvgIpc) is 3.28. The molecule has 2 bridgehead atoms. The second kappa shape index (κ2) is 4.02. The van der Waals surface area contributed by atoms with E-state index < -0.39 is 0 Å². The number of aryl methyl sites for hydroxylation is 1. The lowest BCUT2D eigenvalue weighted by molar-refractivity contribution is -0.124. The summed E-state index contributed by atoms with van der Waals surface area (Å²) < 4.78 is 0. The van der Waals surface area contributed by atoms with Crippen LogP contribution >= 0.6 is 11.6 Å². The Balaban J connectivity index is 1.58. The van der Waals surface area contributed by atoms with Crippen LogP contribution in [0.4, 0.5) is 5.69 Å². The number of benzene rings is 1. The van der Waals surface area contributed by atoms with E-state index in [4.69, 9.17) is 11.6 Å². The molecule has 4 aliphatic carbocycles. The zero-order valence-corrected chi connectivity index (χ0v) is 13.0. The molecule has 1 aliphatic heterocycles. The van der Waals surface area contributed by atoms with Gasteiger partial charge in [0.2, 0.25) is 11.8 Å². The van der Waals surface area contributed by atoms with Crippen molar-refractivity contribution in [2.75, 3.05) is 4.90 Å². The van der Waals surface area contributed by atoms with Gasteiger partial charge in [0.05, 0.1) is 17.5 Å². The Kier molecular flexibility index (Phi) is 2.35. The summed E-state index contributed by atoms with van der Waals surface area (Å²) in [5.41, 5.74) is 1.57. The van der Waals surface area contributed by atoms with Crippen LogP contribution in [0, 0.1) is 42.4 Å². The zero-order valence-electron chi connectivity index (χ0n) is 12.2. The van der Waals surface area contributed by atoms with Gasteiger partial charge in [-0.3, -0.25) is 9.59 Å². The standard InChI is InChI=1S/C18H16ClNO2/c1-8-2-3-9(6-14(8)19)20-17(21)15-10-4-5-11(13-7-12(10)13)16(15)18(20)22/h2-6,10-13,15-16H,7H2,1H3/t10-,11-,12-,13+,15-,16+/m1/s1. The van der Waals surface area contributed by atoms with Crippen LogP contribution in [0.3, 0.4) is 0 Å². The summed E-state index contributed by atoms with van der Waals surface area (Å²) in [6.45, 7) is 1.91. The number of anilines is 1. The van der Waals surface area contributed by atoms with Crippen LogP contribution in [0.15, 0.2) is 30.4 Å². The van der Waals surface area contributed by atoms with E-state index in [0.29, 0.717) is 22.5 Å². The molecule has 1 aromatic rings. The molecule has 2 saturated carbocycles. The Morgan fingerprint density at radius 3 is 2.18 bits per heavy atom. The zero-order chi connectivity index (χ0) is 15.2. The Morgan fingerprint density at radius 2 is 1.64 bits per heavy atom. The number of hydrogen-bond donors (Lipinski definition) is 0. The summed E-state index contributed by atoms with van der Waals surface area (Å²) in [6, 6.07) is 5.43. The molecule has 0 N–H and O–H groups in total. The molecule has 3 fully saturated rings. The first-order valence-corrected chi connectivity index (χ1v) is 8.28. The van der Waals surface area contributed by atoms with Gasteiger partial charge in [-0.1, -0.05) is 29.8 Å². The highest BCUT2D eigenvalue weighted by atomic mass is 35.5. The fourth-order valence-corrected chi connectivity index (χ4v) is 5.11. The first-order chi connectivity index (χ1) is 10.6. The molecule has 1 saturated heterocycles. The smallest absolute Gasteiger partial charge is 0.238 e. The van der Waals surface area contributed by atoms with Crippen molar-refractivity contribution in [2.24, 2.45) is 35.5 Å². The van der Waals surface area contributed by atoms with Gasteiger partial charge in [-0.15, -0.1) is 0 Å². The molecule has 0 aromatic heterocycles. The Labute approximate surface area is 133 Å². The number of halogens is 1. The molecule has 6 rings (SSSR count). The van der Waals surface area contributed by atoms with Crippen LogP contribution in [-0.4, -0.2) is 11.8 Å². The molecular weight excluding hydrogens is 298 g/mol. The van der Waals surface area contributed by atoms with Crippen molar-refractivity contribution in [3.05, 3.63) is 40.9 Å².